The van der Waals surface area contributed by atoms with Gasteiger partial charge in [0.25, 0.3) is 0 Å². The van der Waals surface area contributed by atoms with E-state index in [1.54, 1.807) is 19.9 Å². The standard InChI is InChI=1S/C16H15BrO4S/c1-8(2)12(15(19)20)13-14(18)11(22-16(13)21)7-9-3-5-10(17)6-4-9/h3-8,12-13H,1-2H3,(H,19,20)/b11-7-. The monoisotopic (exact) mass is 382 g/mol. The van der Waals surface area contributed by atoms with Crippen LogP contribution in [0.15, 0.2) is 33.6 Å². The summed E-state index contributed by atoms with van der Waals surface area (Å²) in [6.45, 7) is 3.42. The molecule has 0 saturated carbocycles. The molecule has 2 unspecified atom stereocenters. The lowest BCUT2D eigenvalue weighted by Crippen LogP contribution is -2.34. The first-order valence-electron chi connectivity index (χ1n) is 6.77. The maximum atomic E-state index is 12.5. The van der Waals surface area contributed by atoms with E-state index < -0.39 is 17.8 Å². The highest BCUT2D eigenvalue weighted by Gasteiger charge is 2.47. The van der Waals surface area contributed by atoms with Gasteiger partial charge in [-0.1, -0.05) is 41.9 Å². The number of aliphatic carboxylic acids is 1. The molecule has 1 aromatic carbocycles. The number of carboxylic acids is 1. The second-order valence-electron chi connectivity index (χ2n) is 5.43. The van der Waals surface area contributed by atoms with Crippen molar-refractivity contribution in [3.63, 3.8) is 0 Å². The molecule has 0 aliphatic carbocycles. The number of halogens is 1. The fourth-order valence-corrected chi connectivity index (χ4v) is 3.70. The number of allylic oxidation sites excluding steroid dienone is 1. The van der Waals surface area contributed by atoms with Gasteiger partial charge in [0.15, 0.2) is 5.78 Å². The van der Waals surface area contributed by atoms with Crippen molar-refractivity contribution in [2.75, 3.05) is 0 Å². The molecule has 2 rings (SSSR count). The molecule has 1 aliphatic heterocycles. The average molecular weight is 383 g/mol. The van der Waals surface area contributed by atoms with Crippen molar-refractivity contribution in [3.05, 3.63) is 39.2 Å². The van der Waals surface area contributed by atoms with Crippen molar-refractivity contribution >= 4 is 50.6 Å². The summed E-state index contributed by atoms with van der Waals surface area (Å²) in [6, 6.07) is 7.31. The van der Waals surface area contributed by atoms with Crippen molar-refractivity contribution < 1.29 is 19.5 Å². The van der Waals surface area contributed by atoms with E-state index in [-0.39, 0.29) is 16.8 Å². The summed E-state index contributed by atoms with van der Waals surface area (Å²) in [6.07, 6.45) is 1.64. The van der Waals surface area contributed by atoms with E-state index in [1.165, 1.54) is 0 Å². The Kier molecular flexibility index (Phi) is 5.24. The van der Waals surface area contributed by atoms with Crippen LogP contribution in [0.3, 0.4) is 0 Å². The van der Waals surface area contributed by atoms with E-state index in [4.69, 9.17) is 0 Å². The van der Waals surface area contributed by atoms with Crippen molar-refractivity contribution in [1.82, 2.24) is 0 Å². The summed E-state index contributed by atoms with van der Waals surface area (Å²) in [7, 11) is 0. The lowest BCUT2D eigenvalue weighted by Gasteiger charge is -2.19. The molecule has 1 saturated heterocycles. The molecule has 116 valence electrons. The van der Waals surface area contributed by atoms with Crippen LogP contribution in [0.5, 0.6) is 0 Å². The summed E-state index contributed by atoms with van der Waals surface area (Å²) < 4.78 is 0.916. The summed E-state index contributed by atoms with van der Waals surface area (Å²) in [5, 5.41) is 8.93. The molecule has 4 nitrogen and oxygen atoms in total. The summed E-state index contributed by atoms with van der Waals surface area (Å²) >= 11 is 4.17. The lowest BCUT2D eigenvalue weighted by molar-refractivity contribution is -0.149. The zero-order valence-electron chi connectivity index (χ0n) is 12.1. The van der Waals surface area contributed by atoms with Crippen molar-refractivity contribution in [1.29, 1.82) is 0 Å². The number of carbonyl (C=O) groups is 3. The quantitative estimate of drug-likeness (QED) is 0.635. The van der Waals surface area contributed by atoms with Crippen LogP contribution in [-0.4, -0.2) is 22.0 Å². The number of Topliss-reactive ketones (excluding diaryl/α,β-unsaturated/α-hetero) is 1. The Bertz CT molecular complexity index is 649. The second-order valence-corrected chi connectivity index (χ2v) is 7.39. The Hall–Kier alpha value is -1.40. The second kappa shape index (κ2) is 6.79. The van der Waals surface area contributed by atoms with E-state index in [2.05, 4.69) is 15.9 Å². The van der Waals surface area contributed by atoms with Gasteiger partial charge in [0, 0.05) is 4.47 Å². The minimum atomic E-state index is -1.10. The fraction of sp³-hybridized carbons (Fsp3) is 0.312. The average Bonchev–Trinajstić information content (AvgIpc) is 2.69. The highest BCUT2D eigenvalue weighted by atomic mass is 79.9. The lowest BCUT2D eigenvalue weighted by atomic mass is 9.81. The maximum Gasteiger partial charge on any atom is 0.307 e. The topological polar surface area (TPSA) is 71.4 Å². The van der Waals surface area contributed by atoms with Crippen molar-refractivity contribution in [2.24, 2.45) is 17.8 Å². The highest BCUT2D eigenvalue weighted by Crippen LogP contribution is 2.40. The van der Waals surface area contributed by atoms with Crippen LogP contribution in [0.2, 0.25) is 0 Å². The van der Waals surface area contributed by atoms with E-state index >= 15 is 0 Å². The van der Waals surface area contributed by atoms with Crippen LogP contribution in [-0.2, 0) is 14.4 Å². The van der Waals surface area contributed by atoms with Crippen molar-refractivity contribution in [2.45, 2.75) is 13.8 Å². The number of carboxylic acid groups (broad SMARTS) is 1. The SMILES string of the molecule is CC(C)C(C(=O)O)C1C(=O)S/C(=C\c2ccc(Br)cc2)C1=O. The molecule has 0 aromatic heterocycles. The maximum absolute atomic E-state index is 12.5. The molecular weight excluding hydrogens is 368 g/mol. The minimum Gasteiger partial charge on any atom is -0.481 e. The molecule has 22 heavy (non-hydrogen) atoms. The van der Waals surface area contributed by atoms with Gasteiger partial charge < -0.3 is 5.11 Å². The molecule has 0 bridgehead atoms. The zero-order valence-corrected chi connectivity index (χ0v) is 14.5. The first-order valence-corrected chi connectivity index (χ1v) is 8.38. The summed E-state index contributed by atoms with van der Waals surface area (Å²) in [4.78, 5) is 36.3. The molecule has 6 heteroatoms. The molecule has 1 fully saturated rings. The number of benzene rings is 1. The van der Waals surface area contributed by atoms with E-state index in [1.807, 2.05) is 24.3 Å². The van der Waals surface area contributed by atoms with Crippen LogP contribution in [0.4, 0.5) is 0 Å². The fourth-order valence-electron chi connectivity index (χ4n) is 2.42. The van der Waals surface area contributed by atoms with Gasteiger partial charge in [0.2, 0.25) is 5.12 Å². The third kappa shape index (κ3) is 3.50. The van der Waals surface area contributed by atoms with Crippen LogP contribution in [0, 0.1) is 17.8 Å². The Morgan fingerprint density at radius 3 is 2.36 bits per heavy atom. The van der Waals surface area contributed by atoms with Crippen LogP contribution < -0.4 is 0 Å². The predicted molar refractivity (Wildman–Crippen MR) is 89.2 cm³/mol. The smallest absolute Gasteiger partial charge is 0.307 e. The Labute approximate surface area is 141 Å². The summed E-state index contributed by atoms with van der Waals surface area (Å²) in [5.74, 6) is -3.86. The van der Waals surface area contributed by atoms with Crippen LogP contribution >= 0.6 is 27.7 Å². The predicted octanol–water partition coefficient (Wildman–Crippen LogP) is 3.61. The molecule has 2 atom stereocenters. The van der Waals surface area contributed by atoms with Gasteiger partial charge in [-0.2, -0.15) is 0 Å². The van der Waals surface area contributed by atoms with Gasteiger partial charge in [-0.25, -0.2) is 0 Å². The van der Waals surface area contributed by atoms with Gasteiger partial charge in [-0.15, -0.1) is 0 Å². The zero-order chi connectivity index (χ0) is 16.4. The van der Waals surface area contributed by atoms with Crippen molar-refractivity contribution in [3.8, 4) is 0 Å². The van der Waals surface area contributed by atoms with Crippen LogP contribution in [0.1, 0.15) is 19.4 Å². The van der Waals surface area contributed by atoms with Crippen LogP contribution in [0.25, 0.3) is 6.08 Å². The molecule has 1 N–H and O–H groups in total. The molecule has 0 amide bonds. The first-order chi connectivity index (χ1) is 10.3. The molecule has 1 heterocycles. The normalized spacial score (nSPS) is 21.6. The van der Waals surface area contributed by atoms with E-state index in [0.717, 1.165) is 21.8 Å². The van der Waals surface area contributed by atoms with Gasteiger partial charge in [-0.05, 0) is 41.5 Å². The van der Waals surface area contributed by atoms with Gasteiger partial charge in [0.05, 0.1) is 10.8 Å². The molecule has 0 radical (unpaired) electrons. The third-order valence-electron chi connectivity index (χ3n) is 3.52. The first kappa shape index (κ1) is 17.0. The number of carbonyl (C=O) groups excluding carboxylic acids is 2. The van der Waals surface area contributed by atoms with E-state index in [9.17, 15) is 19.5 Å². The molecular formula is C16H15BrO4S. The molecule has 1 aromatic rings. The number of thioether (sulfide) groups is 1. The number of hydrogen-bond donors (Lipinski definition) is 1. The number of hydrogen-bond acceptors (Lipinski definition) is 4. The Morgan fingerprint density at radius 1 is 1.27 bits per heavy atom. The summed E-state index contributed by atoms with van der Waals surface area (Å²) in [5.41, 5.74) is 0.795. The Balaban J connectivity index is 2.32. The third-order valence-corrected chi connectivity index (χ3v) is 5.04. The van der Waals surface area contributed by atoms with Gasteiger partial charge in [-0.3, -0.25) is 14.4 Å². The van der Waals surface area contributed by atoms with E-state index in [0.29, 0.717) is 4.91 Å². The highest BCUT2D eigenvalue weighted by molar-refractivity contribution is 9.10. The minimum absolute atomic E-state index is 0.289. The molecule has 0 spiro atoms. The van der Waals surface area contributed by atoms with Gasteiger partial charge >= 0.3 is 5.97 Å². The number of ketones is 1. The molecule has 1 aliphatic rings. The number of rotatable bonds is 4. The van der Waals surface area contributed by atoms with Gasteiger partial charge in [0.1, 0.15) is 5.92 Å². The Morgan fingerprint density at radius 2 is 1.86 bits per heavy atom. The largest absolute Gasteiger partial charge is 0.481 e.